The molecule has 0 heterocycles. The van der Waals surface area contributed by atoms with Crippen LogP contribution in [0.25, 0.3) is 0 Å². The third kappa shape index (κ3) is 5.87. The number of rotatable bonds is 8. The van der Waals surface area contributed by atoms with Crippen LogP contribution in [0.1, 0.15) is 13.3 Å². The van der Waals surface area contributed by atoms with Crippen LogP contribution in [0.5, 0.6) is 5.75 Å². The molecule has 3 N–H and O–H groups in total. The van der Waals surface area contributed by atoms with E-state index in [-0.39, 0.29) is 12.5 Å². The summed E-state index contributed by atoms with van der Waals surface area (Å²) in [7, 11) is 0. The van der Waals surface area contributed by atoms with E-state index in [0.29, 0.717) is 11.4 Å². The summed E-state index contributed by atoms with van der Waals surface area (Å²) in [6, 6.07) is 6.72. The van der Waals surface area contributed by atoms with Crippen molar-refractivity contribution < 1.29 is 19.4 Å². The maximum Gasteiger partial charge on any atom is 0.341 e. The number of hydrogen-bond donors (Lipinski definition) is 3. The number of benzene rings is 1. The van der Waals surface area contributed by atoms with Gasteiger partial charge in [-0.05, 0) is 25.1 Å². The molecule has 0 atom stereocenters. The fourth-order valence-corrected chi connectivity index (χ4v) is 1.41. The van der Waals surface area contributed by atoms with E-state index in [4.69, 9.17) is 9.84 Å². The second-order valence-corrected chi connectivity index (χ2v) is 3.90. The molecule has 6 nitrogen and oxygen atoms in total. The molecule has 0 aliphatic carbocycles. The van der Waals surface area contributed by atoms with E-state index < -0.39 is 12.6 Å². The Kier molecular flexibility index (Phi) is 6.38. The number of carboxylic acid groups (broad SMARTS) is 1. The first kappa shape index (κ1) is 15.0. The van der Waals surface area contributed by atoms with Crippen molar-refractivity contribution in [3.05, 3.63) is 24.3 Å². The van der Waals surface area contributed by atoms with Crippen molar-refractivity contribution in [1.29, 1.82) is 0 Å². The third-order valence-electron chi connectivity index (χ3n) is 2.22. The van der Waals surface area contributed by atoms with Crippen molar-refractivity contribution in [2.75, 3.05) is 25.0 Å². The summed E-state index contributed by atoms with van der Waals surface area (Å²) < 4.78 is 5.09. The third-order valence-corrected chi connectivity index (χ3v) is 2.22. The molecular weight excluding hydrogens is 248 g/mol. The van der Waals surface area contributed by atoms with Crippen LogP contribution >= 0.6 is 0 Å². The maximum absolute atomic E-state index is 11.6. The molecule has 0 aliphatic heterocycles. The SMILES string of the molecule is CCCNCC(=O)Nc1ccccc1OCC(=O)O. The van der Waals surface area contributed by atoms with Crippen LogP contribution in [-0.4, -0.2) is 36.7 Å². The van der Waals surface area contributed by atoms with Gasteiger partial charge in [0.05, 0.1) is 12.2 Å². The molecule has 0 radical (unpaired) electrons. The average molecular weight is 266 g/mol. The highest BCUT2D eigenvalue weighted by Gasteiger charge is 2.08. The van der Waals surface area contributed by atoms with Crippen molar-refractivity contribution in [2.24, 2.45) is 0 Å². The van der Waals surface area contributed by atoms with Crippen molar-refractivity contribution >= 4 is 17.6 Å². The normalized spacial score (nSPS) is 9.95. The van der Waals surface area contributed by atoms with Crippen molar-refractivity contribution in [2.45, 2.75) is 13.3 Å². The first-order valence-corrected chi connectivity index (χ1v) is 6.07. The second kappa shape index (κ2) is 8.10. The zero-order valence-corrected chi connectivity index (χ0v) is 10.8. The molecule has 6 heteroatoms. The molecule has 0 bridgehead atoms. The molecule has 1 aromatic rings. The van der Waals surface area contributed by atoms with Crippen molar-refractivity contribution in [3.63, 3.8) is 0 Å². The van der Waals surface area contributed by atoms with E-state index in [1.807, 2.05) is 6.92 Å². The van der Waals surface area contributed by atoms with Gasteiger partial charge in [-0.3, -0.25) is 4.79 Å². The van der Waals surface area contributed by atoms with E-state index in [0.717, 1.165) is 13.0 Å². The Hall–Kier alpha value is -2.08. The zero-order valence-electron chi connectivity index (χ0n) is 10.8. The predicted octanol–water partition coefficient (Wildman–Crippen LogP) is 1.09. The van der Waals surface area contributed by atoms with Crippen LogP contribution < -0.4 is 15.4 Å². The number of amides is 1. The summed E-state index contributed by atoms with van der Waals surface area (Å²) in [6.45, 7) is 2.55. The topological polar surface area (TPSA) is 87.7 Å². The standard InChI is InChI=1S/C13H18N2O4/c1-2-7-14-8-12(16)15-10-5-3-4-6-11(10)19-9-13(17)18/h3-6,14H,2,7-9H2,1H3,(H,15,16)(H,17,18). The van der Waals surface area contributed by atoms with Crippen LogP contribution in [0.4, 0.5) is 5.69 Å². The predicted molar refractivity (Wildman–Crippen MR) is 71.4 cm³/mol. The Morgan fingerprint density at radius 1 is 1.32 bits per heavy atom. The number of anilines is 1. The zero-order chi connectivity index (χ0) is 14.1. The fourth-order valence-electron chi connectivity index (χ4n) is 1.41. The largest absolute Gasteiger partial charge is 0.480 e. The van der Waals surface area contributed by atoms with Gasteiger partial charge in [0.15, 0.2) is 6.61 Å². The first-order valence-electron chi connectivity index (χ1n) is 6.07. The molecule has 0 unspecified atom stereocenters. The molecule has 0 spiro atoms. The van der Waals surface area contributed by atoms with Crippen LogP contribution in [0.3, 0.4) is 0 Å². The number of hydrogen-bond acceptors (Lipinski definition) is 4. The molecule has 104 valence electrons. The molecule has 0 aliphatic rings. The van der Waals surface area contributed by atoms with E-state index in [1.165, 1.54) is 0 Å². The lowest BCUT2D eigenvalue weighted by atomic mass is 10.3. The molecular formula is C13H18N2O4. The maximum atomic E-state index is 11.6. The van der Waals surface area contributed by atoms with E-state index in [1.54, 1.807) is 24.3 Å². The second-order valence-electron chi connectivity index (χ2n) is 3.90. The summed E-state index contributed by atoms with van der Waals surface area (Å²) in [6.07, 6.45) is 0.950. The molecule has 19 heavy (non-hydrogen) atoms. The highest BCUT2D eigenvalue weighted by atomic mass is 16.5. The van der Waals surface area contributed by atoms with Gasteiger partial charge in [0.25, 0.3) is 0 Å². The van der Waals surface area contributed by atoms with Gasteiger partial charge in [0.1, 0.15) is 5.75 Å². The molecule has 1 aromatic carbocycles. The average Bonchev–Trinajstić information content (AvgIpc) is 2.38. The monoisotopic (exact) mass is 266 g/mol. The van der Waals surface area contributed by atoms with Gasteiger partial charge in [0.2, 0.25) is 5.91 Å². The van der Waals surface area contributed by atoms with Gasteiger partial charge >= 0.3 is 5.97 Å². The number of carbonyl (C=O) groups excluding carboxylic acids is 1. The fraction of sp³-hybridized carbons (Fsp3) is 0.385. The summed E-state index contributed by atoms with van der Waals surface area (Å²) in [4.78, 5) is 22.1. The Morgan fingerprint density at radius 2 is 2.05 bits per heavy atom. The lowest BCUT2D eigenvalue weighted by molar-refractivity contribution is -0.139. The number of carboxylic acids is 1. The van der Waals surface area contributed by atoms with Crippen molar-refractivity contribution in [1.82, 2.24) is 5.32 Å². The highest BCUT2D eigenvalue weighted by Crippen LogP contribution is 2.23. The Labute approximate surface area is 111 Å². The first-order chi connectivity index (χ1) is 9.13. The quantitative estimate of drug-likeness (QED) is 0.613. The van der Waals surface area contributed by atoms with Gasteiger partial charge in [-0.2, -0.15) is 0 Å². The van der Waals surface area contributed by atoms with Gasteiger partial charge in [0, 0.05) is 0 Å². The number of para-hydroxylation sites is 2. The van der Waals surface area contributed by atoms with E-state index in [2.05, 4.69) is 10.6 Å². The molecule has 0 saturated heterocycles. The summed E-state index contributed by atoms with van der Waals surface area (Å²) in [5.41, 5.74) is 0.465. The van der Waals surface area contributed by atoms with Gasteiger partial charge in [-0.25, -0.2) is 4.79 Å². The lowest BCUT2D eigenvalue weighted by Gasteiger charge is -2.11. The van der Waals surface area contributed by atoms with Crippen molar-refractivity contribution in [3.8, 4) is 5.75 Å². The minimum Gasteiger partial charge on any atom is -0.480 e. The number of ether oxygens (including phenoxy) is 1. The highest BCUT2D eigenvalue weighted by molar-refractivity contribution is 5.93. The van der Waals surface area contributed by atoms with E-state index >= 15 is 0 Å². The number of aliphatic carboxylic acids is 1. The minimum atomic E-state index is -1.06. The Bertz CT molecular complexity index is 434. The molecule has 1 amide bonds. The van der Waals surface area contributed by atoms with Gasteiger partial charge < -0.3 is 20.5 Å². The summed E-state index contributed by atoms with van der Waals surface area (Å²) in [5.74, 6) is -0.917. The van der Waals surface area contributed by atoms with Crippen LogP contribution in [0, 0.1) is 0 Å². The van der Waals surface area contributed by atoms with Gasteiger partial charge in [-0.1, -0.05) is 19.1 Å². The molecule has 0 aromatic heterocycles. The lowest BCUT2D eigenvalue weighted by Crippen LogP contribution is -2.28. The molecule has 1 rings (SSSR count). The Balaban J connectivity index is 2.56. The number of carbonyl (C=O) groups is 2. The molecule has 0 fully saturated rings. The Morgan fingerprint density at radius 3 is 2.74 bits per heavy atom. The number of nitrogens with one attached hydrogen (secondary N) is 2. The summed E-state index contributed by atoms with van der Waals surface area (Å²) >= 11 is 0. The van der Waals surface area contributed by atoms with Crippen LogP contribution in [0.15, 0.2) is 24.3 Å². The summed E-state index contributed by atoms with van der Waals surface area (Å²) in [5, 5.41) is 14.2. The van der Waals surface area contributed by atoms with Gasteiger partial charge in [-0.15, -0.1) is 0 Å². The van der Waals surface area contributed by atoms with Crippen LogP contribution in [-0.2, 0) is 9.59 Å². The van der Waals surface area contributed by atoms with E-state index in [9.17, 15) is 9.59 Å². The smallest absolute Gasteiger partial charge is 0.341 e. The van der Waals surface area contributed by atoms with Crippen LogP contribution in [0.2, 0.25) is 0 Å². The molecule has 0 saturated carbocycles. The minimum absolute atomic E-state index is 0.195.